The molecule has 0 aliphatic rings. The molecule has 0 aromatic heterocycles. The van der Waals surface area contributed by atoms with E-state index in [0.717, 1.165) is 19.5 Å². The molecule has 0 radical (unpaired) electrons. The standard InChI is InChI=1S/C12H17NTe/c1-3-13(4-2)12(14)10-11-8-6-5-7-9-11/h5-9H,3-4,10H2,1-2H3. The molecule has 0 bridgehead atoms. The summed E-state index contributed by atoms with van der Waals surface area (Å²) in [6.45, 7) is 6.63. The van der Waals surface area contributed by atoms with Gasteiger partial charge in [0.25, 0.3) is 0 Å². The number of likely N-dealkylation sites (N-methyl/N-ethyl adjacent to an activating group) is 1. The second kappa shape index (κ2) is 6.22. The van der Waals surface area contributed by atoms with Gasteiger partial charge in [0.15, 0.2) is 0 Å². The van der Waals surface area contributed by atoms with Crippen LogP contribution in [0.25, 0.3) is 0 Å². The number of hydrogen-bond acceptors (Lipinski definition) is 1. The maximum atomic E-state index is 2.41. The summed E-state index contributed by atoms with van der Waals surface area (Å²) in [5, 5.41) is 0. The van der Waals surface area contributed by atoms with Crippen LogP contribution in [0, 0.1) is 0 Å². The zero-order valence-corrected chi connectivity index (χ0v) is 11.2. The van der Waals surface area contributed by atoms with Crippen LogP contribution in [0.1, 0.15) is 19.4 Å². The summed E-state index contributed by atoms with van der Waals surface area (Å²) in [6.07, 6.45) is 1.08. The first-order valence-electron chi connectivity index (χ1n) is 5.09. The van der Waals surface area contributed by atoms with E-state index < -0.39 is 0 Å². The molecule has 1 nitrogen and oxygen atoms in total. The average molecular weight is 303 g/mol. The molecule has 1 aromatic rings. The Morgan fingerprint density at radius 2 is 1.71 bits per heavy atom. The van der Waals surface area contributed by atoms with Gasteiger partial charge in [-0.25, -0.2) is 0 Å². The van der Waals surface area contributed by atoms with Crippen LogP contribution in [0.3, 0.4) is 0 Å². The van der Waals surface area contributed by atoms with E-state index >= 15 is 0 Å². The van der Waals surface area contributed by atoms with Crippen LogP contribution in [-0.2, 0) is 6.42 Å². The monoisotopic (exact) mass is 305 g/mol. The Kier molecular flexibility index (Phi) is 5.22. The van der Waals surface area contributed by atoms with E-state index in [1.807, 2.05) is 0 Å². The molecule has 0 unspecified atom stereocenters. The van der Waals surface area contributed by atoms with E-state index in [4.69, 9.17) is 0 Å². The van der Waals surface area contributed by atoms with Gasteiger partial charge < -0.3 is 0 Å². The first-order valence-corrected chi connectivity index (χ1v) is 6.26. The molecule has 1 rings (SSSR count). The molecule has 0 spiro atoms. The predicted molar refractivity (Wildman–Crippen MR) is 63.8 cm³/mol. The van der Waals surface area contributed by atoms with Gasteiger partial charge >= 0.3 is 99.6 Å². The van der Waals surface area contributed by atoms with Crippen LogP contribution in [0.4, 0.5) is 0 Å². The Hall–Kier alpha value is -0.320. The van der Waals surface area contributed by atoms with Crippen molar-refractivity contribution in [2.45, 2.75) is 20.3 Å². The van der Waals surface area contributed by atoms with Gasteiger partial charge in [-0.15, -0.1) is 0 Å². The third-order valence-corrected chi connectivity index (χ3v) is 3.46. The van der Waals surface area contributed by atoms with Crippen LogP contribution < -0.4 is 0 Å². The van der Waals surface area contributed by atoms with Crippen molar-refractivity contribution < 1.29 is 0 Å². The Morgan fingerprint density at radius 3 is 2.21 bits per heavy atom. The SMILES string of the molecule is CCN(CC)C(=[Te])Cc1ccccc1. The summed E-state index contributed by atoms with van der Waals surface area (Å²) in [5.74, 6) is 0. The van der Waals surface area contributed by atoms with E-state index in [9.17, 15) is 0 Å². The summed E-state index contributed by atoms with van der Waals surface area (Å²) < 4.78 is 1.47. The van der Waals surface area contributed by atoms with Crippen molar-refractivity contribution >= 4 is 25.5 Å². The summed E-state index contributed by atoms with van der Waals surface area (Å²) in [5.41, 5.74) is 1.40. The van der Waals surface area contributed by atoms with Crippen LogP contribution in [0.2, 0.25) is 0 Å². The minimum atomic E-state index is 1.08. The summed E-state index contributed by atoms with van der Waals surface area (Å²) in [4.78, 5) is 2.41. The second-order valence-electron chi connectivity index (χ2n) is 3.23. The van der Waals surface area contributed by atoms with Crippen molar-refractivity contribution in [3.05, 3.63) is 35.9 Å². The molecular weight excluding hydrogens is 286 g/mol. The molecule has 1 aromatic carbocycles. The quantitative estimate of drug-likeness (QED) is 0.751. The van der Waals surface area contributed by atoms with Crippen molar-refractivity contribution in [1.29, 1.82) is 0 Å². The summed E-state index contributed by atoms with van der Waals surface area (Å²) in [6, 6.07) is 10.7. The van der Waals surface area contributed by atoms with Gasteiger partial charge in [-0.05, 0) is 0 Å². The Morgan fingerprint density at radius 1 is 1.14 bits per heavy atom. The first kappa shape index (κ1) is 11.8. The van der Waals surface area contributed by atoms with Crippen LogP contribution in [0.15, 0.2) is 30.3 Å². The molecule has 0 heterocycles. The molecule has 0 aliphatic carbocycles. The van der Waals surface area contributed by atoms with Gasteiger partial charge in [0.2, 0.25) is 0 Å². The zero-order valence-electron chi connectivity index (χ0n) is 8.86. The first-order chi connectivity index (χ1) is 6.77. The Bertz CT molecular complexity index is 278. The average Bonchev–Trinajstić information content (AvgIpc) is 2.21. The van der Waals surface area contributed by atoms with E-state index in [2.05, 4.69) is 70.9 Å². The molecular formula is C12H17NTe. The molecule has 0 saturated heterocycles. The zero-order chi connectivity index (χ0) is 10.4. The second-order valence-corrected chi connectivity index (χ2v) is 4.57. The maximum absolute atomic E-state index is 2.41. The third-order valence-electron chi connectivity index (χ3n) is 2.31. The summed E-state index contributed by atoms with van der Waals surface area (Å²) >= 11 is 2.15. The van der Waals surface area contributed by atoms with Gasteiger partial charge in [0.05, 0.1) is 0 Å². The molecule has 0 aliphatic heterocycles. The number of benzene rings is 1. The van der Waals surface area contributed by atoms with E-state index in [1.165, 1.54) is 9.24 Å². The Balaban J connectivity index is 2.57. The molecule has 0 saturated carbocycles. The van der Waals surface area contributed by atoms with Gasteiger partial charge in [0, 0.05) is 0 Å². The van der Waals surface area contributed by atoms with Crippen molar-refractivity contribution in [3.63, 3.8) is 0 Å². The van der Waals surface area contributed by atoms with Crippen LogP contribution >= 0.6 is 0 Å². The van der Waals surface area contributed by atoms with Crippen molar-refractivity contribution in [2.75, 3.05) is 13.1 Å². The van der Waals surface area contributed by atoms with Crippen molar-refractivity contribution in [3.8, 4) is 0 Å². The third kappa shape index (κ3) is 3.44. The molecule has 0 N–H and O–H groups in total. The van der Waals surface area contributed by atoms with Gasteiger partial charge in [-0.2, -0.15) is 0 Å². The summed E-state index contributed by atoms with van der Waals surface area (Å²) in [7, 11) is 0. The number of nitrogens with zero attached hydrogens (tertiary/aromatic N) is 1. The fourth-order valence-corrected chi connectivity index (χ4v) is 2.67. The molecule has 2 heteroatoms. The van der Waals surface area contributed by atoms with Crippen molar-refractivity contribution in [1.82, 2.24) is 4.90 Å². The van der Waals surface area contributed by atoms with Crippen molar-refractivity contribution in [2.24, 2.45) is 0 Å². The van der Waals surface area contributed by atoms with E-state index in [-0.39, 0.29) is 0 Å². The molecule has 0 atom stereocenters. The molecule has 0 fully saturated rings. The van der Waals surface area contributed by atoms with Crippen LogP contribution in [0.5, 0.6) is 0 Å². The van der Waals surface area contributed by atoms with E-state index in [1.54, 1.807) is 0 Å². The Labute approximate surface area is 99.5 Å². The van der Waals surface area contributed by atoms with Gasteiger partial charge in [0.1, 0.15) is 0 Å². The number of hydrogen-bond donors (Lipinski definition) is 0. The fraction of sp³-hybridized carbons (Fsp3) is 0.417. The molecule has 0 amide bonds. The van der Waals surface area contributed by atoms with E-state index in [0.29, 0.717) is 0 Å². The topological polar surface area (TPSA) is 3.24 Å². The minimum absolute atomic E-state index is 1.08. The van der Waals surface area contributed by atoms with Crippen LogP contribution in [-0.4, -0.2) is 43.5 Å². The fourth-order valence-electron chi connectivity index (χ4n) is 1.46. The number of rotatable bonds is 5. The molecule has 14 heavy (non-hydrogen) atoms. The normalized spacial score (nSPS) is 9.86. The molecule has 76 valence electrons. The van der Waals surface area contributed by atoms with Gasteiger partial charge in [-0.1, -0.05) is 0 Å². The van der Waals surface area contributed by atoms with Gasteiger partial charge in [-0.3, -0.25) is 0 Å². The predicted octanol–water partition coefficient (Wildman–Crippen LogP) is 1.87.